The molecule has 0 bridgehead atoms. The molecule has 1 fully saturated rings. The molecule has 0 spiro atoms. The van der Waals surface area contributed by atoms with Crippen LogP contribution in [0.25, 0.3) is 22.3 Å². The second-order valence-corrected chi connectivity index (χ2v) is 7.30. The van der Waals surface area contributed by atoms with E-state index in [1.807, 2.05) is 13.0 Å². The number of hydrogen-bond acceptors (Lipinski definition) is 2. The van der Waals surface area contributed by atoms with E-state index in [0.29, 0.717) is 29.9 Å². The van der Waals surface area contributed by atoms with Crippen molar-refractivity contribution < 1.29 is 22.6 Å². The van der Waals surface area contributed by atoms with Gasteiger partial charge in [-0.3, -0.25) is 0 Å². The fourth-order valence-corrected chi connectivity index (χ4v) is 3.53. The Morgan fingerprint density at radius 2 is 1.38 bits per heavy atom. The van der Waals surface area contributed by atoms with Crippen LogP contribution in [-0.2, 0) is 9.47 Å². The zero-order valence-electron chi connectivity index (χ0n) is 16.2. The molecule has 3 aromatic carbocycles. The van der Waals surface area contributed by atoms with Gasteiger partial charge >= 0.3 is 0 Å². The molecule has 1 aliphatic rings. The van der Waals surface area contributed by atoms with Gasteiger partial charge in [0.25, 0.3) is 0 Å². The first-order valence-corrected chi connectivity index (χ1v) is 9.52. The highest BCUT2D eigenvalue weighted by Crippen LogP contribution is 2.31. The lowest BCUT2D eigenvalue weighted by atomic mass is 9.95. The highest BCUT2D eigenvalue weighted by Gasteiger charge is 2.23. The third kappa shape index (κ3) is 3.93. The Morgan fingerprint density at radius 3 is 2.03 bits per heavy atom. The molecule has 0 aliphatic carbocycles. The van der Waals surface area contributed by atoms with Crippen LogP contribution in [0.2, 0.25) is 0 Å². The predicted octanol–water partition coefficient (Wildman–Crippen LogP) is 6.22. The van der Waals surface area contributed by atoms with Crippen molar-refractivity contribution in [3.05, 3.63) is 83.2 Å². The number of hydrogen-bond donors (Lipinski definition) is 0. The SMILES string of the molecule is Cc1ccc(-c2ccc(-c3ccc(C4COC(C)OC4)c(F)c3)cc2)c(F)c1F. The molecule has 0 saturated carbocycles. The summed E-state index contributed by atoms with van der Waals surface area (Å²) in [6, 6.07) is 15.1. The lowest BCUT2D eigenvalue weighted by molar-refractivity contribution is -0.176. The molecule has 0 N–H and O–H groups in total. The maximum Gasteiger partial charge on any atom is 0.166 e. The zero-order valence-corrected chi connectivity index (χ0v) is 16.2. The minimum absolute atomic E-state index is 0.137. The topological polar surface area (TPSA) is 18.5 Å². The Hall–Kier alpha value is -2.63. The lowest BCUT2D eigenvalue weighted by Crippen LogP contribution is -2.29. The summed E-state index contributed by atoms with van der Waals surface area (Å²) < 4.78 is 53.7. The summed E-state index contributed by atoms with van der Waals surface area (Å²) in [4.78, 5) is 0. The van der Waals surface area contributed by atoms with Gasteiger partial charge < -0.3 is 9.47 Å². The molecule has 4 rings (SSSR count). The van der Waals surface area contributed by atoms with E-state index in [1.165, 1.54) is 13.0 Å². The molecule has 0 radical (unpaired) electrons. The largest absolute Gasteiger partial charge is 0.352 e. The molecule has 1 heterocycles. The molecular formula is C24H21F3O2. The summed E-state index contributed by atoms with van der Waals surface area (Å²) in [6.45, 7) is 4.18. The summed E-state index contributed by atoms with van der Waals surface area (Å²) >= 11 is 0. The van der Waals surface area contributed by atoms with Gasteiger partial charge in [-0.05, 0) is 47.7 Å². The number of ether oxygens (including phenoxy) is 2. The molecule has 0 unspecified atom stereocenters. The van der Waals surface area contributed by atoms with E-state index in [4.69, 9.17) is 9.47 Å². The van der Waals surface area contributed by atoms with Crippen molar-refractivity contribution in [2.75, 3.05) is 13.2 Å². The van der Waals surface area contributed by atoms with Crippen molar-refractivity contribution in [3.8, 4) is 22.3 Å². The first-order valence-electron chi connectivity index (χ1n) is 9.52. The van der Waals surface area contributed by atoms with Crippen LogP contribution >= 0.6 is 0 Å². The van der Waals surface area contributed by atoms with Crippen LogP contribution < -0.4 is 0 Å². The van der Waals surface area contributed by atoms with Crippen LogP contribution in [-0.4, -0.2) is 19.5 Å². The fourth-order valence-electron chi connectivity index (χ4n) is 3.53. The molecule has 150 valence electrons. The highest BCUT2D eigenvalue weighted by atomic mass is 19.2. The van der Waals surface area contributed by atoms with Crippen molar-refractivity contribution >= 4 is 0 Å². The van der Waals surface area contributed by atoms with Crippen molar-refractivity contribution in [2.24, 2.45) is 0 Å². The van der Waals surface area contributed by atoms with E-state index in [0.717, 1.165) is 5.56 Å². The van der Waals surface area contributed by atoms with Crippen LogP contribution in [0.1, 0.15) is 24.0 Å². The smallest absolute Gasteiger partial charge is 0.166 e. The molecule has 3 aromatic rings. The van der Waals surface area contributed by atoms with Gasteiger partial charge in [-0.2, -0.15) is 0 Å². The quantitative estimate of drug-likeness (QED) is 0.521. The molecule has 1 aliphatic heterocycles. The summed E-state index contributed by atoms with van der Waals surface area (Å²) in [6.07, 6.45) is -0.265. The number of rotatable bonds is 3. The molecule has 1 saturated heterocycles. The lowest BCUT2D eigenvalue weighted by Gasteiger charge is -2.27. The van der Waals surface area contributed by atoms with E-state index in [2.05, 4.69) is 0 Å². The summed E-state index contributed by atoms with van der Waals surface area (Å²) in [5.74, 6) is -2.15. The van der Waals surface area contributed by atoms with E-state index in [1.54, 1.807) is 42.5 Å². The van der Waals surface area contributed by atoms with Crippen LogP contribution in [0.5, 0.6) is 0 Å². The Morgan fingerprint density at radius 1 is 0.759 bits per heavy atom. The van der Waals surface area contributed by atoms with Crippen LogP contribution in [0.3, 0.4) is 0 Å². The van der Waals surface area contributed by atoms with Gasteiger partial charge in [-0.15, -0.1) is 0 Å². The van der Waals surface area contributed by atoms with Gasteiger partial charge in [-0.25, -0.2) is 13.2 Å². The molecular weight excluding hydrogens is 377 g/mol. The summed E-state index contributed by atoms with van der Waals surface area (Å²) in [7, 11) is 0. The Labute approximate surface area is 167 Å². The summed E-state index contributed by atoms with van der Waals surface area (Å²) in [5, 5.41) is 0. The second-order valence-electron chi connectivity index (χ2n) is 7.30. The molecule has 2 nitrogen and oxygen atoms in total. The Bertz CT molecular complexity index is 1020. The Balaban J connectivity index is 1.58. The second kappa shape index (κ2) is 8.01. The van der Waals surface area contributed by atoms with E-state index < -0.39 is 11.6 Å². The Kier molecular flexibility index (Phi) is 5.43. The van der Waals surface area contributed by atoms with E-state index >= 15 is 0 Å². The van der Waals surface area contributed by atoms with Crippen molar-refractivity contribution in [3.63, 3.8) is 0 Å². The summed E-state index contributed by atoms with van der Waals surface area (Å²) in [5.41, 5.74) is 3.09. The minimum atomic E-state index is -0.862. The number of benzene rings is 3. The molecule has 0 atom stereocenters. The third-order valence-corrected chi connectivity index (χ3v) is 5.31. The van der Waals surface area contributed by atoms with Crippen molar-refractivity contribution in [1.82, 2.24) is 0 Å². The average molecular weight is 398 g/mol. The van der Waals surface area contributed by atoms with Gasteiger partial charge in [0.15, 0.2) is 17.9 Å². The third-order valence-electron chi connectivity index (χ3n) is 5.31. The molecule has 0 amide bonds. The van der Waals surface area contributed by atoms with Crippen LogP contribution in [0.4, 0.5) is 13.2 Å². The normalized spacial score (nSPS) is 19.3. The maximum absolute atomic E-state index is 14.7. The zero-order chi connectivity index (χ0) is 20.5. The molecule has 29 heavy (non-hydrogen) atoms. The van der Waals surface area contributed by atoms with Crippen LogP contribution in [0, 0.1) is 24.4 Å². The minimum Gasteiger partial charge on any atom is -0.352 e. The maximum atomic E-state index is 14.7. The van der Waals surface area contributed by atoms with Gasteiger partial charge in [0, 0.05) is 11.5 Å². The first-order chi connectivity index (χ1) is 13.9. The predicted molar refractivity (Wildman–Crippen MR) is 106 cm³/mol. The molecule has 5 heteroatoms. The van der Waals surface area contributed by atoms with Gasteiger partial charge in [0.05, 0.1) is 13.2 Å². The van der Waals surface area contributed by atoms with Gasteiger partial charge in [0.1, 0.15) is 5.82 Å². The van der Waals surface area contributed by atoms with E-state index in [-0.39, 0.29) is 29.2 Å². The average Bonchev–Trinajstić information content (AvgIpc) is 2.73. The van der Waals surface area contributed by atoms with Crippen LogP contribution in [0.15, 0.2) is 54.6 Å². The first kappa shape index (κ1) is 19.7. The standard InChI is InChI=1S/C24H21F3O2/c1-14-3-9-21(24(27)23(14)26)17-6-4-16(5-7-17)18-8-10-20(22(25)11-18)19-12-28-15(2)29-13-19/h3-11,15,19H,12-13H2,1-2H3. The van der Waals surface area contributed by atoms with Gasteiger partial charge in [-0.1, -0.05) is 48.5 Å². The van der Waals surface area contributed by atoms with Gasteiger partial charge in [0.2, 0.25) is 0 Å². The number of halogens is 3. The molecule has 0 aromatic heterocycles. The van der Waals surface area contributed by atoms with Crippen molar-refractivity contribution in [2.45, 2.75) is 26.1 Å². The number of aryl methyl sites for hydroxylation is 1. The monoisotopic (exact) mass is 398 g/mol. The highest BCUT2D eigenvalue weighted by molar-refractivity contribution is 5.71. The van der Waals surface area contributed by atoms with Crippen molar-refractivity contribution in [1.29, 1.82) is 0 Å². The fraction of sp³-hybridized carbons (Fsp3) is 0.250. The van der Waals surface area contributed by atoms with E-state index in [9.17, 15) is 13.2 Å².